The molecule has 4 nitrogen and oxygen atoms in total. The highest BCUT2D eigenvalue weighted by Crippen LogP contribution is 2.40. The smallest absolute Gasteiger partial charge is 0.229 e. The molecular formula is C20H18ClFN2O2S. The zero-order valence-corrected chi connectivity index (χ0v) is 16.0. The summed E-state index contributed by atoms with van der Waals surface area (Å²) in [6.07, 6.45) is 0.180. The van der Waals surface area contributed by atoms with Crippen LogP contribution in [0, 0.1) is 11.7 Å². The summed E-state index contributed by atoms with van der Waals surface area (Å²) in [4.78, 5) is 29.0. The van der Waals surface area contributed by atoms with Crippen LogP contribution in [0.5, 0.6) is 0 Å². The molecule has 2 heterocycles. The first-order valence-corrected chi connectivity index (χ1v) is 10.2. The summed E-state index contributed by atoms with van der Waals surface area (Å²) in [7, 11) is 0. The fourth-order valence-electron chi connectivity index (χ4n) is 3.61. The van der Waals surface area contributed by atoms with Crippen molar-refractivity contribution in [2.75, 3.05) is 23.7 Å². The number of carbonyl (C=O) groups is 2. The summed E-state index contributed by atoms with van der Waals surface area (Å²) < 4.78 is 13.1. The predicted octanol–water partition coefficient (Wildman–Crippen LogP) is 4.11. The number of halogens is 2. The summed E-state index contributed by atoms with van der Waals surface area (Å²) in [5.74, 6) is -0.000829. The normalized spacial score (nSPS) is 22.5. The first kappa shape index (κ1) is 18.3. The van der Waals surface area contributed by atoms with Crippen LogP contribution < -0.4 is 4.90 Å². The fraction of sp³-hybridized carbons (Fsp3) is 0.300. The van der Waals surface area contributed by atoms with Gasteiger partial charge in [-0.3, -0.25) is 9.59 Å². The van der Waals surface area contributed by atoms with Crippen LogP contribution in [-0.2, 0) is 9.59 Å². The minimum absolute atomic E-state index is 0.0112. The SMILES string of the molecule is O=C1CC(C(=O)N2CCSC2c2cccc(Cl)c2)CN1c1ccc(F)cc1. The number of rotatable bonds is 3. The van der Waals surface area contributed by atoms with Crippen molar-refractivity contribution in [3.8, 4) is 0 Å². The summed E-state index contributed by atoms with van der Waals surface area (Å²) in [5.41, 5.74) is 1.62. The monoisotopic (exact) mass is 404 g/mol. The molecule has 2 aromatic rings. The molecule has 7 heteroatoms. The minimum Gasteiger partial charge on any atom is -0.325 e. The Morgan fingerprint density at radius 1 is 1.19 bits per heavy atom. The largest absolute Gasteiger partial charge is 0.325 e. The van der Waals surface area contributed by atoms with Gasteiger partial charge in [0.15, 0.2) is 0 Å². The van der Waals surface area contributed by atoms with Crippen LogP contribution in [0.15, 0.2) is 48.5 Å². The van der Waals surface area contributed by atoms with E-state index in [1.54, 1.807) is 28.8 Å². The molecule has 2 aromatic carbocycles. The number of hydrogen-bond acceptors (Lipinski definition) is 3. The Labute approximate surface area is 166 Å². The molecule has 0 radical (unpaired) electrons. The summed E-state index contributed by atoms with van der Waals surface area (Å²) in [5, 5.41) is 0.567. The lowest BCUT2D eigenvalue weighted by Crippen LogP contribution is -2.37. The van der Waals surface area contributed by atoms with Gasteiger partial charge in [0.05, 0.1) is 5.92 Å². The zero-order chi connectivity index (χ0) is 19.0. The molecule has 0 spiro atoms. The number of carbonyl (C=O) groups excluding carboxylic acids is 2. The van der Waals surface area contributed by atoms with E-state index in [1.165, 1.54) is 12.1 Å². The van der Waals surface area contributed by atoms with Gasteiger partial charge in [-0.1, -0.05) is 23.7 Å². The molecule has 27 heavy (non-hydrogen) atoms. The highest BCUT2D eigenvalue weighted by Gasteiger charge is 2.40. The van der Waals surface area contributed by atoms with E-state index in [-0.39, 0.29) is 35.3 Å². The molecule has 4 rings (SSSR count). The van der Waals surface area contributed by atoms with Crippen molar-refractivity contribution in [1.29, 1.82) is 0 Å². The van der Waals surface area contributed by atoms with Crippen molar-refractivity contribution in [3.63, 3.8) is 0 Å². The van der Waals surface area contributed by atoms with Gasteiger partial charge in [-0.05, 0) is 42.0 Å². The van der Waals surface area contributed by atoms with E-state index in [0.29, 0.717) is 23.8 Å². The Hall–Kier alpha value is -2.05. The Morgan fingerprint density at radius 3 is 2.70 bits per heavy atom. The van der Waals surface area contributed by atoms with Gasteiger partial charge in [0, 0.05) is 36.0 Å². The molecule has 2 amide bonds. The molecule has 2 aliphatic heterocycles. The fourth-order valence-corrected chi connectivity index (χ4v) is 5.06. The highest BCUT2D eigenvalue weighted by molar-refractivity contribution is 7.99. The molecular weight excluding hydrogens is 387 g/mol. The third-order valence-corrected chi connectivity index (χ3v) is 6.42. The van der Waals surface area contributed by atoms with Gasteiger partial charge in [0.1, 0.15) is 11.2 Å². The van der Waals surface area contributed by atoms with Crippen molar-refractivity contribution in [2.24, 2.45) is 5.92 Å². The van der Waals surface area contributed by atoms with Crippen LogP contribution in [0.4, 0.5) is 10.1 Å². The number of anilines is 1. The van der Waals surface area contributed by atoms with Crippen molar-refractivity contribution in [2.45, 2.75) is 11.8 Å². The zero-order valence-electron chi connectivity index (χ0n) is 14.5. The first-order valence-electron chi connectivity index (χ1n) is 8.76. The summed E-state index contributed by atoms with van der Waals surface area (Å²) >= 11 is 7.81. The minimum atomic E-state index is -0.386. The van der Waals surface area contributed by atoms with E-state index in [9.17, 15) is 14.0 Å². The Bertz CT molecular complexity index is 877. The van der Waals surface area contributed by atoms with Crippen molar-refractivity contribution in [1.82, 2.24) is 4.90 Å². The number of benzene rings is 2. The van der Waals surface area contributed by atoms with Gasteiger partial charge < -0.3 is 9.80 Å². The van der Waals surface area contributed by atoms with Gasteiger partial charge in [-0.2, -0.15) is 0 Å². The maximum Gasteiger partial charge on any atom is 0.229 e. The van der Waals surface area contributed by atoms with E-state index in [0.717, 1.165) is 11.3 Å². The van der Waals surface area contributed by atoms with Crippen molar-refractivity contribution < 1.29 is 14.0 Å². The molecule has 140 valence electrons. The van der Waals surface area contributed by atoms with Crippen molar-refractivity contribution >= 4 is 40.9 Å². The lowest BCUT2D eigenvalue weighted by molar-refractivity contribution is -0.136. The van der Waals surface area contributed by atoms with Crippen molar-refractivity contribution in [3.05, 3.63) is 64.9 Å². The number of nitrogens with zero attached hydrogens (tertiary/aromatic N) is 2. The Kier molecular flexibility index (Phi) is 5.10. The number of hydrogen-bond donors (Lipinski definition) is 0. The second kappa shape index (κ2) is 7.52. The van der Waals surface area contributed by atoms with Gasteiger partial charge in [-0.25, -0.2) is 4.39 Å². The maximum atomic E-state index is 13.1. The van der Waals surface area contributed by atoms with E-state index in [1.807, 2.05) is 29.2 Å². The number of amides is 2. The van der Waals surface area contributed by atoms with Crippen LogP contribution in [0.2, 0.25) is 5.02 Å². The molecule has 0 saturated carbocycles. The van der Waals surface area contributed by atoms with Crippen LogP contribution in [0.25, 0.3) is 0 Å². The molecule has 0 aliphatic carbocycles. The highest BCUT2D eigenvalue weighted by atomic mass is 35.5. The standard InChI is InChI=1S/C20H18ClFN2O2S/c21-15-3-1-2-13(10-15)20-23(8-9-27-20)19(26)14-11-18(25)24(12-14)17-6-4-16(22)5-7-17/h1-7,10,14,20H,8-9,11-12H2. The van der Waals surface area contributed by atoms with Crippen LogP contribution in [0.1, 0.15) is 17.4 Å². The average Bonchev–Trinajstić information content (AvgIpc) is 3.29. The van der Waals surface area contributed by atoms with E-state index in [4.69, 9.17) is 11.6 Å². The second-order valence-electron chi connectivity index (χ2n) is 6.69. The van der Waals surface area contributed by atoms with E-state index >= 15 is 0 Å². The van der Waals surface area contributed by atoms with Gasteiger partial charge in [-0.15, -0.1) is 11.8 Å². The lowest BCUT2D eigenvalue weighted by atomic mass is 10.1. The quantitative estimate of drug-likeness (QED) is 0.773. The molecule has 0 bridgehead atoms. The Morgan fingerprint density at radius 2 is 1.96 bits per heavy atom. The first-order chi connectivity index (χ1) is 13.0. The maximum absolute atomic E-state index is 13.1. The topological polar surface area (TPSA) is 40.6 Å². The molecule has 2 fully saturated rings. The van der Waals surface area contributed by atoms with Crippen LogP contribution in [-0.4, -0.2) is 35.6 Å². The predicted molar refractivity (Wildman–Crippen MR) is 105 cm³/mol. The second-order valence-corrected chi connectivity index (χ2v) is 8.32. The third-order valence-electron chi connectivity index (χ3n) is 4.92. The average molecular weight is 405 g/mol. The molecule has 0 aromatic heterocycles. The lowest BCUT2D eigenvalue weighted by Gasteiger charge is -2.27. The van der Waals surface area contributed by atoms with E-state index < -0.39 is 0 Å². The number of thioether (sulfide) groups is 1. The van der Waals surface area contributed by atoms with E-state index in [2.05, 4.69) is 0 Å². The Balaban J connectivity index is 1.51. The van der Waals surface area contributed by atoms with Gasteiger partial charge in [0.2, 0.25) is 11.8 Å². The van der Waals surface area contributed by atoms with Gasteiger partial charge >= 0.3 is 0 Å². The van der Waals surface area contributed by atoms with Gasteiger partial charge in [0.25, 0.3) is 0 Å². The summed E-state index contributed by atoms with van der Waals surface area (Å²) in [6.45, 7) is 0.981. The molecule has 2 aliphatic rings. The summed E-state index contributed by atoms with van der Waals surface area (Å²) in [6, 6.07) is 13.3. The molecule has 2 saturated heterocycles. The van der Waals surface area contributed by atoms with Crippen LogP contribution >= 0.6 is 23.4 Å². The molecule has 2 atom stereocenters. The third kappa shape index (κ3) is 3.69. The van der Waals surface area contributed by atoms with Crippen LogP contribution in [0.3, 0.4) is 0 Å². The molecule has 0 N–H and O–H groups in total. The molecule has 2 unspecified atom stereocenters.